The van der Waals surface area contributed by atoms with E-state index in [-0.39, 0.29) is 12.5 Å². The van der Waals surface area contributed by atoms with Crippen LogP contribution in [0.25, 0.3) is 11.1 Å². The maximum atomic E-state index is 13.5. The van der Waals surface area contributed by atoms with E-state index in [1.807, 2.05) is 48.5 Å². The van der Waals surface area contributed by atoms with Crippen LogP contribution in [0.4, 0.5) is 0 Å². The molecule has 0 aromatic heterocycles. The topological polar surface area (TPSA) is 55.8 Å². The molecule has 1 aliphatic heterocycles. The second kappa shape index (κ2) is 8.49. The second-order valence-electron chi connectivity index (χ2n) is 5.95. The Kier molecular flexibility index (Phi) is 6.30. The molecule has 1 unspecified atom stereocenters. The molecule has 0 aliphatic carbocycles. The summed E-state index contributed by atoms with van der Waals surface area (Å²) in [6.45, 7) is 3.00. The molecular formula is C19H21BrNO4P. The highest BCUT2D eigenvalue weighted by atomic mass is 79.9. The molecule has 3 rings (SSSR count). The number of rotatable bonds is 5. The van der Waals surface area contributed by atoms with Crippen LogP contribution >= 0.6 is 23.4 Å². The van der Waals surface area contributed by atoms with E-state index in [4.69, 9.17) is 9.26 Å². The first-order chi connectivity index (χ1) is 12.5. The lowest BCUT2D eigenvalue weighted by Gasteiger charge is -2.34. The summed E-state index contributed by atoms with van der Waals surface area (Å²) in [4.78, 5) is 11.9. The first-order valence-corrected chi connectivity index (χ1v) is 10.9. The normalized spacial score (nSPS) is 20.7. The van der Waals surface area contributed by atoms with E-state index in [1.54, 1.807) is 11.6 Å². The molecule has 138 valence electrons. The molecule has 0 bridgehead atoms. The largest absolute Gasteiger partial charge is 0.465 e. The number of hydrogen-bond acceptors (Lipinski definition) is 4. The Morgan fingerprint density at radius 1 is 1.15 bits per heavy atom. The van der Waals surface area contributed by atoms with Gasteiger partial charge in [-0.2, -0.15) is 0 Å². The summed E-state index contributed by atoms with van der Waals surface area (Å²) in [5.74, 6) is -0.385. The molecule has 1 heterocycles. The number of hydrogen-bond donors (Lipinski definition) is 0. The fourth-order valence-corrected chi connectivity index (χ4v) is 5.41. The molecular weight excluding hydrogens is 417 g/mol. The molecule has 1 fully saturated rings. The van der Waals surface area contributed by atoms with Crippen molar-refractivity contribution >= 4 is 34.7 Å². The van der Waals surface area contributed by atoms with E-state index in [2.05, 4.69) is 15.9 Å². The molecule has 0 spiro atoms. The van der Waals surface area contributed by atoms with Crippen LogP contribution in [0, 0.1) is 0 Å². The van der Waals surface area contributed by atoms with Crippen molar-refractivity contribution in [3.63, 3.8) is 0 Å². The van der Waals surface area contributed by atoms with Crippen LogP contribution in [0.1, 0.15) is 13.3 Å². The summed E-state index contributed by atoms with van der Waals surface area (Å²) in [5.41, 5.74) is 2.10. The lowest BCUT2D eigenvalue weighted by atomic mass is 10.1. The van der Waals surface area contributed by atoms with Gasteiger partial charge < -0.3 is 9.26 Å². The Balaban J connectivity index is 1.84. The summed E-state index contributed by atoms with van der Waals surface area (Å²) in [5, 5.41) is 0.599. The zero-order valence-electron chi connectivity index (χ0n) is 14.6. The Morgan fingerprint density at radius 3 is 2.38 bits per heavy atom. The van der Waals surface area contributed by atoms with Gasteiger partial charge in [0.2, 0.25) is 0 Å². The van der Waals surface area contributed by atoms with Gasteiger partial charge in [0.05, 0.1) is 18.5 Å². The SMILES string of the molecule is CCOC(=O)CN1CCCOP1(=O)c1ccc(-c2ccc(Br)cc2)cc1. The minimum Gasteiger partial charge on any atom is -0.465 e. The van der Waals surface area contributed by atoms with Gasteiger partial charge in [0.25, 0.3) is 0 Å². The Morgan fingerprint density at radius 2 is 1.77 bits per heavy atom. The number of carbonyl (C=O) groups is 1. The maximum absolute atomic E-state index is 13.5. The van der Waals surface area contributed by atoms with Gasteiger partial charge in [-0.3, -0.25) is 9.36 Å². The number of benzene rings is 2. The van der Waals surface area contributed by atoms with Gasteiger partial charge in [-0.15, -0.1) is 0 Å². The third-order valence-corrected chi connectivity index (χ3v) is 7.29. The minimum atomic E-state index is -3.25. The highest BCUT2D eigenvalue weighted by Gasteiger charge is 2.38. The van der Waals surface area contributed by atoms with Crippen LogP contribution in [0.3, 0.4) is 0 Å². The smallest absolute Gasteiger partial charge is 0.320 e. The van der Waals surface area contributed by atoms with Crippen LogP contribution in [0.2, 0.25) is 0 Å². The number of esters is 1. The van der Waals surface area contributed by atoms with E-state index in [0.717, 1.165) is 22.0 Å². The highest BCUT2D eigenvalue weighted by molar-refractivity contribution is 9.10. The quantitative estimate of drug-likeness (QED) is 0.517. The lowest BCUT2D eigenvalue weighted by molar-refractivity contribution is -0.143. The van der Waals surface area contributed by atoms with Gasteiger partial charge in [-0.05, 0) is 48.7 Å². The standard InChI is InChI=1S/C19H21BrNO4P/c1-2-24-19(22)14-21-12-3-13-25-26(21,23)18-10-6-16(7-11-18)15-4-8-17(20)9-5-15/h4-11H,2-3,12-14H2,1H3. The third-order valence-electron chi connectivity index (χ3n) is 4.19. The summed E-state index contributed by atoms with van der Waals surface area (Å²) in [6, 6.07) is 15.5. The molecule has 0 saturated carbocycles. The fraction of sp³-hybridized carbons (Fsp3) is 0.316. The number of ether oxygens (including phenoxy) is 1. The van der Waals surface area contributed by atoms with E-state index >= 15 is 0 Å². The van der Waals surface area contributed by atoms with Gasteiger partial charge >= 0.3 is 13.5 Å². The number of halogens is 1. The molecule has 0 radical (unpaired) electrons. The second-order valence-corrected chi connectivity index (χ2v) is 9.25. The van der Waals surface area contributed by atoms with Crippen molar-refractivity contribution in [2.24, 2.45) is 0 Å². The van der Waals surface area contributed by atoms with Gasteiger partial charge in [0, 0.05) is 11.0 Å². The monoisotopic (exact) mass is 437 g/mol. The van der Waals surface area contributed by atoms with Crippen LogP contribution < -0.4 is 5.30 Å². The lowest BCUT2D eigenvalue weighted by Crippen LogP contribution is -2.37. The van der Waals surface area contributed by atoms with Crippen LogP contribution in [0.15, 0.2) is 53.0 Å². The average Bonchev–Trinajstić information content (AvgIpc) is 2.65. The van der Waals surface area contributed by atoms with Crippen molar-refractivity contribution in [1.82, 2.24) is 4.67 Å². The molecule has 2 aromatic carbocycles. The van der Waals surface area contributed by atoms with Crippen molar-refractivity contribution in [3.05, 3.63) is 53.0 Å². The number of nitrogens with zero attached hydrogens (tertiary/aromatic N) is 1. The zero-order valence-corrected chi connectivity index (χ0v) is 17.0. The van der Waals surface area contributed by atoms with Gasteiger partial charge in [-0.25, -0.2) is 4.67 Å². The summed E-state index contributed by atoms with van der Waals surface area (Å²) < 4.78 is 26.8. The Labute approximate surface area is 161 Å². The molecule has 1 atom stereocenters. The van der Waals surface area contributed by atoms with E-state index in [1.165, 1.54) is 0 Å². The molecule has 0 amide bonds. The van der Waals surface area contributed by atoms with Gasteiger partial charge in [0.15, 0.2) is 0 Å². The van der Waals surface area contributed by atoms with Gasteiger partial charge in [-0.1, -0.05) is 40.2 Å². The molecule has 0 N–H and O–H groups in total. The highest BCUT2D eigenvalue weighted by Crippen LogP contribution is 2.52. The predicted molar refractivity (Wildman–Crippen MR) is 106 cm³/mol. The molecule has 26 heavy (non-hydrogen) atoms. The van der Waals surface area contributed by atoms with Gasteiger partial charge in [0.1, 0.15) is 6.54 Å². The van der Waals surface area contributed by atoms with Crippen LogP contribution in [0.5, 0.6) is 0 Å². The molecule has 7 heteroatoms. The van der Waals surface area contributed by atoms with Crippen molar-refractivity contribution in [3.8, 4) is 11.1 Å². The van der Waals surface area contributed by atoms with Crippen molar-refractivity contribution in [2.45, 2.75) is 13.3 Å². The minimum absolute atomic E-state index is 0.0282. The fourth-order valence-electron chi connectivity index (χ4n) is 2.90. The molecule has 1 saturated heterocycles. The van der Waals surface area contributed by atoms with Crippen LogP contribution in [-0.2, 0) is 18.6 Å². The van der Waals surface area contributed by atoms with E-state index < -0.39 is 7.52 Å². The zero-order chi connectivity index (χ0) is 18.6. The van der Waals surface area contributed by atoms with Crippen molar-refractivity contribution < 1.29 is 18.6 Å². The predicted octanol–water partition coefficient (Wildman–Crippen LogP) is 4.22. The van der Waals surface area contributed by atoms with E-state index in [0.29, 0.717) is 25.1 Å². The molecule has 2 aromatic rings. The summed E-state index contributed by atoms with van der Waals surface area (Å²) in [7, 11) is -3.25. The Bertz CT molecular complexity index is 807. The van der Waals surface area contributed by atoms with Crippen molar-refractivity contribution in [2.75, 3.05) is 26.3 Å². The average molecular weight is 438 g/mol. The van der Waals surface area contributed by atoms with Crippen molar-refractivity contribution in [1.29, 1.82) is 0 Å². The first-order valence-electron chi connectivity index (χ1n) is 8.55. The van der Waals surface area contributed by atoms with Crippen LogP contribution in [-0.4, -0.2) is 36.9 Å². The third kappa shape index (κ3) is 4.26. The Hall–Kier alpha value is -1.46. The molecule has 1 aliphatic rings. The molecule has 5 nitrogen and oxygen atoms in total. The number of carbonyl (C=O) groups excluding carboxylic acids is 1. The summed E-state index contributed by atoms with van der Waals surface area (Å²) >= 11 is 3.43. The van der Waals surface area contributed by atoms with E-state index in [9.17, 15) is 9.36 Å². The maximum Gasteiger partial charge on any atom is 0.320 e. The summed E-state index contributed by atoms with van der Waals surface area (Å²) in [6.07, 6.45) is 0.736. The first kappa shape index (κ1) is 19.3.